The highest BCUT2D eigenvalue weighted by atomic mass is 16.3. The molecule has 0 fully saturated rings. The molecule has 0 amide bonds. The molecular weight excluding hydrogens is 224 g/mol. The standard InChI is InChI=1S/C15H18N2O/c1-11-5-6-15(18)14(8-11)10-17-12(2)13-4-3-7-16-9-13/h3-9,12,17-18H,10H2,1-2H3/t12-/m0/s1. The summed E-state index contributed by atoms with van der Waals surface area (Å²) in [4.78, 5) is 4.10. The SMILES string of the molecule is Cc1ccc(O)c(CN[C@@H](C)c2cccnc2)c1. The van der Waals surface area contributed by atoms with Gasteiger partial charge >= 0.3 is 0 Å². The number of rotatable bonds is 4. The number of benzene rings is 1. The number of pyridine rings is 1. The Morgan fingerprint density at radius 2 is 2.17 bits per heavy atom. The average Bonchev–Trinajstić information content (AvgIpc) is 2.40. The average molecular weight is 242 g/mol. The summed E-state index contributed by atoms with van der Waals surface area (Å²) in [6.45, 7) is 4.75. The molecule has 1 aromatic carbocycles. The van der Waals surface area contributed by atoms with Crippen LogP contribution in [0.4, 0.5) is 0 Å². The quantitative estimate of drug-likeness (QED) is 0.866. The molecule has 1 atom stereocenters. The number of hydrogen-bond acceptors (Lipinski definition) is 3. The number of aryl methyl sites for hydroxylation is 1. The number of nitrogens with zero attached hydrogens (tertiary/aromatic N) is 1. The van der Waals surface area contributed by atoms with Crippen LogP contribution in [0, 0.1) is 6.92 Å². The highest BCUT2D eigenvalue weighted by Gasteiger charge is 2.06. The zero-order valence-corrected chi connectivity index (χ0v) is 10.7. The lowest BCUT2D eigenvalue weighted by Crippen LogP contribution is -2.18. The Hall–Kier alpha value is -1.87. The zero-order chi connectivity index (χ0) is 13.0. The molecule has 2 rings (SSSR count). The van der Waals surface area contributed by atoms with Gasteiger partial charge in [-0.2, -0.15) is 0 Å². The summed E-state index contributed by atoms with van der Waals surface area (Å²) in [5, 5.41) is 13.1. The van der Waals surface area contributed by atoms with Crippen molar-refractivity contribution in [3.8, 4) is 5.75 Å². The minimum absolute atomic E-state index is 0.207. The van der Waals surface area contributed by atoms with Crippen LogP contribution >= 0.6 is 0 Å². The van der Waals surface area contributed by atoms with Gasteiger partial charge in [-0.05, 0) is 31.5 Å². The first-order valence-corrected chi connectivity index (χ1v) is 6.08. The number of nitrogens with one attached hydrogen (secondary N) is 1. The summed E-state index contributed by atoms with van der Waals surface area (Å²) in [5.74, 6) is 0.339. The Morgan fingerprint density at radius 3 is 2.89 bits per heavy atom. The van der Waals surface area contributed by atoms with E-state index in [1.807, 2.05) is 37.4 Å². The van der Waals surface area contributed by atoms with Crippen molar-refractivity contribution in [3.63, 3.8) is 0 Å². The van der Waals surface area contributed by atoms with Crippen LogP contribution in [-0.4, -0.2) is 10.1 Å². The summed E-state index contributed by atoms with van der Waals surface area (Å²) in [7, 11) is 0. The molecule has 3 nitrogen and oxygen atoms in total. The van der Waals surface area contributed by atoms with Gasteiger partial charge in [0, 0.05) is 30.5 Å². The molecule has 0 aliphatic carbocycles. The van der Waals surface area contributed by atoms with Crippen molar-refractivity contribution >= 4 is 0 Å². The number of phenolic OH excluding ortho intramolecular Hbond substituents is 1. The Kier molecular flexibility index (Phi) is 3.95. The van der Waals surface area contributed by atoms with Gasteiger partial charge in [-0.3, -0.25) is 4.98 Å². The van der Waals surface area contributed by atoms with Gasteiger partial charge in [0.2, 0.25) is 0 Å². The van der Waals surface area contributed by atoms with Gasteiger partial charge in [0.1, 0.15) is 5.75 Å². The third kappa shape index (κ3) is 3.08. The lowest BCUT2D eigenvalue weighted by Gasteiger charge is -2.14. The lowest BCUT2D eigenvalue weighted by molar-refractivity contribution is 0.460. The minimum Gasteiger partial charge on any atom is -0.508 e. The van der Waals surface area contributed by atoms with Crippen molar-refractivity contribution in [2.45, 2.75) is 26.4 Å². The number of phenols is 1. The zero-order valence-electron chi connectivity index (χ0n) is 10.7. The van der Waals surface area contributed by atoms with Crippen LogP contribution in [0.2, 0.25) is 0 Å². The number of aromatic hydroxyl groups is 1. The summed E-state index contributed by atoms with van der Waals surface area (Å²) >= 11 is 0. The van der Waals surface area contributed by atoms with Crippen molar-refractivity contribution in [2.75, 3.05) is 0 Å². The summed E-state index contributed by atoms with van der Waals surface area (Å²) < 4.78 is 0. The fourth-order valence-corrected chi connectivity index (χ4v) is 1.87. The van der Waals surface area contributed by atoms with Gasteiger partial charge in [0.15, 0.2) is 0 Å². The van der Waals surface area contributed by atoms with E-state index in [9.17, 15) is 5.11 Å². The molecule has 18 heavy (non-hydrogen) atoms. The van der Waals surface area contributed by atoms with Gasteiger partial charge in [-0.15, -0.1) is 0 Å². The molecule has 2 aromatic rings. The number of hydrogen-bond donors (Lipinski definition) is 2. The normalized spacial score (nSPS) is 12.3. The van der Waals surface area contributed by atoms with E-state index in [1.165, 1.54) is 0 Å². The minimum atomic E-state index is 0.207. The van der Waals surface area contributed by atoms with Crippen LogP contribution < -0.4 is 5.32 Å². The Labute approximate surface area is 108 Å². The molecule has 1 heterocycles. The first kappa shape index (κ1) is 12.6. The molecule has 2 N–H and O–H groups in total. The second-order valence-electron chi connectivity index (χ2n) is 4.52. The van der Waals surface area contributed by atoms with Gasteiger partial charge < -0.3 is 10.4 Å². The fourth-order valence-electron chi connectivity index (χ4n) is 1.87. The van der Waals surface area contributed by atoms with E-state index >= 15 is 0 Å². The van der Waals surface area contributed by atoms with E-state index < -0.39 is 0 Å². The molecule has 0 radical (unpaired) electrons. The smallest absolute Gasteiger partial charge is 0.120 e. The van der Waals surface area contributed by atoms with Crippen molar-refractivity contribution < 1.29 is 5.11 Å². The molecule has 0 saturated carbocycles. The third-order valence-electron chi connectivity index (χ3n) is 3.02. The molecule has 0 saturated heterocycles. The Balaban J connectivity index is 2.01. The molecule has 3 heteroatoms. The molecule has 0 aliphatic rings. The van der Waals surface area contributed by atoms with Crippen molar-refractivity contribution in [2.24, 2.45) is 0 Å². The van der Waals surface area contributed by atoms with Gasteiger partial charge in [-0.25, -0.2) is 0 Å². The van der Waals surface area contributed by atoms with Crippen LogP contribution in [0.15, 0.2) is 42.7 Å². The van der Waals surface area contributed by atoms with E-state index in [-0.39, 0.29) is 6.04 Å². The Bertz CT molecular complexity index is 511. The highest BCUT2D eigenvalue weighted by Crippen LogP contribution is 2.19. The molecule has 0 unspecified atom stereocenters. The number of aromatic nitrogens is 1. The van der Waals surface area contributed by atoms with E-state index in [2.05, 4.69) is 17.2 Å². The predicted molar refractivity (Wildman–Crippen MR) is 72.3 cm³/mol. The van der Waals surface area contributed by atoms with E-state index in [0.29, 0.717) is 12.3 Å². The highest BCUT2D eigenvalue weighted by molar-refractivity contribution is 5.35. The third-order valence-corrected chi connectivity index (χ3v) is 3.02. The summed E-state index contributed by atoms with van der Waals surface area (Å²) in [6.07, 6.45) is 3.62. The molecule has 1 aromatic heterocycles. The molecular formula is C15H18N2O. The first-order valence-electron chi connectivity index (χ1n) is 6.08. The van der Waals surface area contributed by atoms with Crippen LogP contribution in [0.25, 0.3) is 0 Å². The van der Waals surface area contributed by atoms with Gasteiger partial charge in [0.25, 0.3) is 0 Å². The Morgan fingerprint density at radius 1 is 1.33 bits per heavy atom. The molecule has 0 bridgehead atoms. The second kappa shape index (κ2) is 5.65. The lowest BCUT2D eigenvalue weighted by atomic mass is 10.1. The molecule has 94 valence electrons. The molecule has 0 spiro atoms. The van der Waals surface area contributed by atoms with Crippen molar-refractivity contribution in [1.29, 1.82) is 0 Å². The monoisotopic (exact) mass is 242 g/mol. The largest absolute Gasteiger partial charge is 0.508 e. The van der Waals surface area contributed by atoms with E-state index in [4.69, 9.17) is 0 Å². The first-order chi connectivity index (χ1) is 8.66. The van der Waals surface area contributed by atoms with Gasteiger partial charge in [0.05, 0.1) is 0 Å². The maximum atomic E-state index is 9.77. The van der Waals surface area contributed by atoms with Crippen LogP contribution in [0.3, 0.4) is 0 Å². The predicted octanol–water partition coefficient (Wildman–Crippen LogP) is 2.95. The summed E-state index contributed by atoms with van der Waals surface area (Å²) in [5.41, 5.74) is 3.22. The maximum Gasteiger partial charge on any atom is 0.120 e. The summed E-state index contributed by atoms with van der Waals surface area (Å²) in [6, 6.07) is 9.82. The fraction of sp³-hybridized carbons (Fsp3) is 0.267. The van der Waals surface area contributed by atoms with Crippen LogP contribution in [0.1, 0.15) is 29.7 Å². The van der Waals surface area contributed by atoms with Crippen LogP contribution in [-0.2, 0) is 6.54 Å². The molecule has 0 aliphatic heterocycles. The van der Waals surface area contributed by atoms with Crippen molar-refractivity contribution in [1.82, 2.24) is 10.3 Å². The second-order valence-corrected chi connectivity index (χ2v) is 4.52. The van der Waals surface area contributed by atoms with Gasteiger partial charge in [-0.1, -0.05) is 23.8 Å². The maximum absolute atomic E-state index is 9.77. The van der Waals surface area contributed by atoms with E-state index in [0.717, 1.165) is 16.7 Å². The van der Waals surface area contributed by atoms with Crippen molar-refractivity contribution in [3.05, 3.63) is 59.4 Å². The van der Waals surface area contributed by atoms with Crippen LogP contribution in [0.5, 0.6) is 5.75 Å². The topological polar surface area (TPSA) is 45.1 Å². The van der Waals surface area contributed by atoms with E-state index in [1.54, 1.807) is 12.3 Å².